The summed E-state index contributed by atoms with van der Waals surface area (Å²) in [6, 6.07) is 0. The molecule has 6 nitrogen and oxygen atoms in total. The maximum Gasteiger partial charge on any atom is 0.267 e. The van der Waals surface area contributed by atoms with Gasteiger partial charge in [0, 0.05) is 18.3 Å². The van der Waals surface area contributed by atoms with Crippen molar-refractivity contribution in [2.24, 2.45) is 5.73 Å². The first-order valence-corrected chi connectivity index (χ1v) is 4.68. The monoisotopic (exact) mass is 218 g/mol. The smallest absolute Gasteiger partial charge is 0.267 e. The Labute approximate surface area is 90.9 Å². The number of dihydropyridines is 1. The van der Waals surface area contributed by atoms with Crippen LogP contribution in [0.4, 0.5) is 0 Å². The Morgan fingerprint density at radius 3 is 2.94 bits per heavy atom. The topological polar surface area (TPSA) is 101 Å². The van der Waals surface area contributed by atoms with Crippen molar-refractivity contribution in [3.63, 3.8) is 0 Å². The number of allylic oxidation sites excluding steroid dienone is 2. The zero-order chi connectivity index (χ0) is 11.5. The number of hydrogen-bond acceptors (Lipinski definition) is 4. The number of aromatic nitrogens is 2. The van der Waals surface area contributed by atoms with E-state index in [1.54, 1.807) is 6.20 Å². The lowest BCUT2D eigenvalue weighted by Crippen LogP contribution is -2.22. The number of carbonyl (C=O) groups excluding carboxylic acids is 1. The van der Waals surface area contributed by atoms with Gasteiger partial charge >= 0.3 is 0 Å². The fraction of sp³-hybridized carbons (Fsp3) is 0.100. The molecular formula is C10H10N4O2. The van der Waals surface area contributed by atoms with Crippen molar-refractivity contribution in [2.45, 2.75) is 0 Å². The molecule has 2 heterocycles. The van der Waals surface area contributed by atoms with Gasteiger partial charge in [-0.2, -0.15) is 0 Å². The standard InChI is InChI=1S/C10H10N4O2/c11-10(16)9-8(13-5-7(15)14-9)6-2-1-3-12-4-6/h1-2,4-5,12H,3H2,(H2,11,16)(H,14,15). The zero-order valence-corrected chi connectivity index (χ0v) is 8.36. The van der Waals surface area contributed by atoms with Crippen LogP contribution in [0, 0.1) is 0 Å². The summed E-state index contributed by atoms with van der Waals surface area (Å²) in [5.74, 6) is -0.708. The number of hydrogen-bond donors (Lipinski definition) is 3. The number of nitrogens with one attached hydrogen (secondary N) is 2. The van der Waals surface area contributed by atoms with Gasteiger partial charge in [0.2, 0.25) is 0 Å². The highest BCUT2D eigenvalue weighted by Gasteiger charge is 2.14. The number of carbonyl (C=O) groups is 1. The summed E-state index contributed by atoms with van der Waals surface area (Å²) in [7, 11) is 0. The Kier molecular flexibility index (Phi) is 2.55. The third-order valence-electron chi connectivity index (χ3n) is 2.11. The van der Waals surface area contributed by atoms with Crippen molar-refractivity contribution < 1.29 is 4.79 Å². The fourth-order valence-corrected chi connectivity index (χ4v) is 1.42. The number of amides is 1. The quantitative estimate of drug-likeness (QED) is 0.615. The molecule has 1 aliphatic heterocycles. The van der Waals surface area contributed by atoms with E-state index in [9.17, 15) is 9.59 Å². The van der Waals surface area contributed by atoms with E-state index < -0.39 is 11.5 Å². The number of rotatable bonds is 2. The second-order valence-corrected chi connectivity index (χ2v) is 3.25. The van der Waals surface area contributed by atoms with E-state index in [1.807, 2.05) is 12.2 Å². The van der Waals surface area contributed by atoms with Gasteiger partial charge < -0.3 is 16.0 Å². The van der Waals surface area contributed by atoms with Crippen molar-refractivity contribution >= 4 is 11.5 Å². The SMILES string of the molecule is NC(=O)c1[nH]c(=O)cnc1C1=CNCC=C1. The lowest BCUT2D eigenvalue weighted by Gasteiger charge is -2.09. The summed E-state index contributed by atoms with van der Waals surface area (Å²) in [4.78, 5) is 28.5. The van der Waals surface area contributed by atoms with Crippen molar-refractivity contribution in [2.75, 3.05) is 6.54 Å². The van der Waals surface area contributed by atoms with Crippen molar-refractivity contribution in [1.82, 2.24) is 15.3 Å². The number of nitrogens with two attached hydrogens (primary N) is 1. The molecule has 0 atom stereocenters. The molecule has 0 saturated heterocycles. The minimum absolute atomic E-state index is 0.0205. The predicted octanol–water partition coefficient (Wildman–Crippen LogP) is -0.631. The van der Waals surface area contributed by atoms with Crippen LogP contribution >= 0.6 is 0 Å². The fourth-order valence-electron chi connectivity index (χ4n) is 1.42. The largest absolute Gasteiger partial charge is 0.387 e. The van der Waals surface area contributed by atoms with E-state index in [2.05, 4.69) is 15.3 Å². The number of H-pyrrole nitrogens is 1. The minimum Gasteiger partial charge on any atom is -0.387 e. The van der Waals surface area contributed by atoms with E-state index in [0.29, 0.717) is 11.3 Å². The molecule has 0 radical (unpaired) electrons. The highest BCUT2D eigenvalue weighted by atomic mass is 16.1. The zero-order valence-electron chi connectivity index (χ0n) is 8.36. The molecule has 0 bridgehead atoms. The van der Waals surface area contributed by atoms with E-state index in [4.69, 9.17) is 5.73 Å². The van der Waals surface area contributed by atoms with Crippen LogP contribution in [0.1, 0.15) is 16.2 Å². The van der Waals surface area contributed by atoms with Crippen LogP contribution in [-0.4, -0.2) is 22.4 Å². The van der Waals surface area contributed by atoms with Gasteiger partial charge in [0.05, 0.1) is 6.20 Å². The summed E-state index contributed by atoms with van der Waals surface area (Å²) in [5.41, 5.74) is 5.81. The third kappa shape index (κ3) is 1.85. The second-order valence-electron chi connectivity index (χ2n) is 3.25. The number of nitrogens with zero attached hydrogens (tertiary/aromatic N) is 1. The molecule has 0 fully saturated rings. The maximum atomic E-state index is 11.2. The molecule has 4 N–H and O–H groups in total. The maximum absolute atomic E-state index is 11.2. The van der Waals surface area contributed by atoms with Crippen molar-refractivity contribution in [3.8, 4) is 0 Å². The van der Waals surface area contributed by atoms with Crippen LogP contribution in [0.3, 0.4) is 0 Å². The first-order valence-electron chi connectivity index (χ1n) is 4.68. The van der Waals surface area contributed by atoms with Gasteiger partial charge in [0.15, 0.2) is 0 Å². The molecule has 6 heteroatoms. The van der Waals surface area contributed by atoms with Gasteiger partial charge in [0.25, 0.3) is 11.5 Å². The molecule has 1 aromatic rings. The van der Waals surface area contributed by atoms with Crippen LogP contribution < -0.4 is 16.6 Å². The van der Waals surface area contributed by atoms with Gasteiger partial charge in [0.1, 0.15) is 11.4 Å². The van der Waals surface area contributed by atoms with E-state index in [-0.39, 0.29) is 5.69 Å². The van der Waals surface area contributed by atoms with Crippen LogP contribution in [0.15, 0.2) is 29.3 Å². The summed E-state index contributed by atoms with van der Waals surface area (Å²) in [6.45, 7) is 0.721. The molecule has 0 saturated carbocycles. The van der Waals surface area contributed by atoms with Gasteiger partial charge in [-0.1, -0.05) is 12.2 Å². The van der Waals surface area contributed by atoms with Crippen molar-refractivity contribution in [3.05, 3.63) is 46.3 Å². The third-order valence-corrected chi connectivity index (χ3v) is 2.11. The van der Waals surface area contributed by atoms with E-state index in [1.165, 1.54) is 0 Å². The second kappa shape index (κ2) is 4.01. The van der Waals surface area contributed by atoms with Crippen molar-refractivity contribution in [1.29, 1.82) is 0 Å². The summed E-state index contributed by atoms with van der Waals surface area (Å²) in [6.07, 6.45) is 6.52. The van der Waals surface area contributed by atoms with Crippen LogP contribution in [0.5, 0.6) is 0 Å². The van der Waals surface area contributed by atoms with Gasteiger partial charge in [-0.15, -0.1) is 0 Å². The lowest BCUT2D eigenvalue weighted by atomic mass is 10.1. The Morgan fingerprint density at radius 2 is 2.31 bits per heavy atom. The van der Waals surface area contributed by atoms with E-state index >= 15 is 0 Å². The molecule has 0 aliphatic carbocycles. The molecular weight excluding hydrogens is 208 g/mol. The highest BCUT2D eigenvalue weighted by molar-refractivity contribution is 5.96. The molecule has 1 aliphatic rings. The molecule has 2 rings (SSSR count). The normalized spacial score (nSPS) is 14.1. The average Bonchev–Trinajstić information content (AvgIpc) is 2.30. The number of primary amides is 1. The Hall–Kier alpha value is -2.37. The molecule has 1 aromatic heterocycles. The minimum atomic E-state index is -0.708. The molecule has 82 valence electrons. The van der Waals surface area contributed by atoms with Gasteiger partial charge in [-0.3, -0.25) is 9.59 Å². The van der Waals surface area contributed by atoms with Crippen LogP contribution in [0.25, 0.3) is 5.57 Å². The molecule has 16 heavy (non-hydrogen) atoms. The summed E-state index contributed by atoms with van der Waals surface area (Å²) in [5, 5.41) is 2.98. The molecule has 0 unspecified atom stereocenters. The first-order chi connectivity index (χ1) is 7.68. The van der Waals surface area contributed by atoms with E-state index in [0.717, 1.165) is 12.7 Å². The summed E-state index contributed by atoms with van der Waals surface area (Å²) < 4.78 is 0. The average molecular weight is 218 g/mol. The van der Waals surface area contributed by atoms with Gasteiger partial charge in [-0.25, -0.2) is 4.98 Å². The summed E-state index contributed by atoms with van der Waals surface area (Å²) >= 11 is 0. The molecule has 1 amide bonds. The Morgan fingerprint density at radius 1 is 1.50 bits per heavy atom. The molecule has 0 spiro atoms. The predicted molar refractivity (Wildman–Crippen MR) is 58.5 cm³/mol. The molecule has 0 aromatic carbocycles. The highest BCUT2D eigenvalue weighted by Crippen LogP contribution is 2.15. The van der Waals surface area contributed by atoms with Gasteiger partial charge in [-0.05, 0) is 0 Å². The Bertz CT molecular complexity index is 542. The Balaban J connectivity index is 2.56. The van der Waals surface area contributed by atoms with Crippen LogP contribution in [0.2, 0.25) is 0 Å². The number of aromatic amines is 1. The first kappa shape index (κ1) is 10.2. The lowest BCUT2D eigenvalue weighted by molar-refractivity contribution is 0.0994. The van der Waals surface area contributed by atoms with Crippen LogP contribution in [-0.2, 0) is 0 Å².